The van der Waals surface area contributed by atoms with Gasteiger partial charge in [0, 0.05) is 18.1 Å². The van der Waals surface area contributed by atoms with Crippen LogP contribution in [0.5, 0.6) is 0 Å². The Morgan fingerprint density at radius 1 is 1.12 bits per heavy atom. The first-order chi connectivity index (χ1) is 15.4. The third-order valence-electron chi connectivity index (χ3n) is 6.24. The number of carbonyl (C=O) groups is 1. The van der Waals surface area contributed by atoms with E-state index in [-0.39, 0.29) is 23.0 Å². The van der Waals surface area contributed by atoms with Crippen LogP contribution in [0.25, 0.3) is 5.57 Å². The molecule has 1 saturated heterocycles. The standard InChI is InChI=1S/C24H27N3O4S/c1-15-12-26-23(13-25-15)27-24(28)21(10-16-8-9-31-14-16)18-4-7-22(20(11-18)17-2-3-17)32(29,30)19-5-6-19/h4,7,10-13,16-17,19H,2-3,5-6,8-9,14H2,1H3,(H,26,27,28). The van der Waals surface area contributed by atoms with E-state index in [9.17, 15) is 13.2 Å². The van der Waals surface area contributed by atoms with Gasteiger partial charge >= 0.3 is 0 Å². The second-order valence-corrected chi connectivity index (χ2v) is 11.2. The lowest BCUT2D eigenvalue weighted by atomic mass is 9.96. The summed E-state index contributed by atoms with van der Waals surface area (Å²) in [6.45, 7) is 3.08. The van der Waals surface area contributed by atoms with E-state index in [1.54, 1.807) is 18.3 Å². The zero-order valence-corrected chi connectivity index (χ0v) is 18.9. The first-order valence-electron chi connectivity index (χ1n) is 11.2. The van der Waals surface area contributed by atoms with Gasteiger partial charge in [-0.25, -0.2) is 13.4 Å². The second-order valence-electron chi connectivity index (χ2n) is 8.97. The second kappa shape index (κ2) is 8.41. The highest BCUT2D eigenvalue weighted by Gasteiger charge is 2.40. The highest BCUT2D eigenvalue weighted by molar-refractivity contribution is 7.92. The molecule has 2 saturated carbocycles. The summed E-state index contributed by atoms with van der Waals surface area (Å²) in [6.07, 6.45) is 9.38. The summed E-state index contributed by atoms with van der Waals surface area (Å²) in [5.41, 5.74) is 2.86. The zero-order valence-electron chi connectivity index (χ0n) is 18.1. The summed E-state index contributed by atoms with van der Waals surface area (Å²) < 4.78 is 31.5. The number of anilines is 1. The molecule has 2 aliphatic carbocycles. The molecule has 3 aliphatic rings. The Hall–Kier alpha value is -2.58. The van der Waals surface area contributed by atoms with Crippen LogP contribution in [-0.2, 0) is 19.4 Å². The van der Waals surface area contributed by atoms with E-state index < -0.39 is 9.84 Å². The molecular weight excluding hydrogens is 426 g/mol. The Bertz CT molecular complexity index is 1160. The van der Waals surface area contributed by atoms with Gasteiger partial charge in [-0.1, -0.05) is 12.1 Å². The van der Waals surface area contributed by atoms with Gasteiger partial charge in [0.1, 0.15) is 0 Å². The van der Waals surface area contributed by atoms with Gasteiger partial charge in [0.05, 0.1) is 34.8 Å². The third kappa shape index (κ3) is 4.47. The summed E-state index contributed by atoms with van der Waals surface area (Å²) in [6, 6.07) is 5.38. The maximum absolute atomic E-state index is 13.3. The average molecular weight is 454 g/mol. The Labute approximate surface area is 188 Å². The van der Waals surface area contributed by atoms with E-state index >= 15 is 0 Å². The molecule has 8 heteroatoms. The van der Waals surface area contributed by atoms with Crippen molar-refractivity contribution in [2.45, 2.75) is 55.1 Å². The fraction of sp³-hybridized carbons (Fsp3) is 0.458. The quantitative estimate of drug-likeness (QED) is 0.643. The van der Waals surface area contributed by atoms with Gasteiger partial charge in [-0.3, -0.25) is 9.78 Å². The van der Waals surface area contributed by atoms with Gasteiger partial charge in [0.25, 0.3) is 5.91 Å². The molecule has 3 fully saturated rings. The van der Waals surface area contributed by atoms with Crippen molar-refractivity contribution in [1.82, 2.24) is 9.97 Å². The summed E-state index contributed by atoms with van der Waals surface area (Å²) in [7, 11) is -3.30. The number of rotatable bonds is 7. The van der Waals surface area contributed by atoms with Crippen LogP contribution in [0.3, 0.4) is 0 Å². The van der Waals surface area contributed by atoms with Crippen LogP contribution in [0.2, 0.25) is 0 Å². The number of aryl methyl sites for hydroxylation is 1. The predicted octanol–water partition coefficient (Wildman–Crippen LogP) is 3.66. The summed E-state index contributed by atoms with van der Waals surface area (Å²) >= 11 is 0. The molecule has 0 radical (unpaired) electrons. The van der Waals surface area contributed by atoms with Crippen molar-refractivity contribution in [1.29, 1.82) is 0 Å². The van der Waals surface area contributed by atoms with Crippen molar-refractivity contribution in [3.8, 4) is 0 Å². The Morgan fingerprint density at radius 3 is 2.56 bits per heavy atom. The SMILES string of the molecule is Cc1cnc(NC(=O)C(=CC2CCOC2)c2ccc(S(=O)(=O)C3CC3)c(C3CC3)c2)cn1. The molecule has 0 bridgehead atoms. The van der Waals surface area contributed by atoms with Gasteiger partial charge in [-0.2, -0.15) is 0 Å². The molecule has 1 aromatic carbocycles. The van der Waals surface area contributed by atoms with Crippen molar-refractivity contribution in [3.05, 3.63) is 53.5 Å². The maximum atomic E-state index is 13.3. The molecule has 32 heavy (non-hydrogen) atoms. The van der Waals surface area contributed by atoms with Crippen molar-refractivity contribution in [2.24, 2.45) is 5.92 Å². The molecule has 7 nitrogen and oxygen atoms in total. The number of nitrogens with one attached hydrogen (secondary N) is 1. The van der Waals surface area contributed by atoms with Crippen molar-refractivity contribution in [2.75, 3.05) is 18.5 Å². The first kappa shape index (κ1) is 21.3. The molecule has 168 valence electrons. The molecule has 1 unspecified atom stereocenters. The van der Waals surface area contributed by atoms with Crippen LogP contribution in [0.4, 0.5) is 5.82 Å². The summed E-state index contributed by atoms with van der Waals surface area (Å²) in [5, 5.41) is 2.59. The molecule has 0 spiro atoms. The number of aromatic nitrogens is 2. The maximum Gasteiger partial charge on any atom is 0.257 e. The van der Waals surface area contributed by atoms with E-state index in [0.29, 0.717) is 29.5 Å². The number of sulfone groups is 1. The highest BCUT2D eigenvalue weighted by Crippen LogP contribution is 2.46. The van der Waals surface area contributed by atoms with Crippen LogP contribution < -0.4 is 5.32 Å². The third-order valence-corrected chi connectivity index (χ3v) is 8.58. The number of ether oxygens (including phenoxy) is 1. The Kier molecular flexibility index (Phi) is 5.59. The number of nitrogens with zero attached hydrogens (tertiary/aromatic N) is 2. The number of hydrogen-bond acceptors (Lipinski definition) is 6. The van der Waals surface area contributed by atoms with E-state index in [0.717, 1.165) is 48.9 Å². The van der Waals surface area contributed by atoms with Crippen LogP contribution >= 0.6 is 0 Å². The minimum atomic E-state index is -3.30. The predicted molar refractivity (Wildman–Crippen MR) is 121 cm³/mol. The van der Waals surface area contributed by atoms with Gasteiger partial charge in [-0.05, 0) is 68.2 Å². The van der Waals surface area contributed by atoms with Crippen LogP contribution in [0.1, 0.15) is 54.8 Å². The van der Waals surface area contributed by atoms with E-state index in [4.69, 9.17) is 4.74 Å². The van der Waals surface area contributed by atoms with Crippen molar-refractivity contribution >= 4 is 27.1 Å². The monoisotopic (exact) mass is 453 g/mol. The number of hydrogen-bond donors (Lipinski definition) is 1. The molecule has 1 atom stereocenters. The normalized spacial score (nSPS) is 21.5. The van der Waals surface area contributed by atoms with Crippen LogP contribution in [-0.4, -0.2) is 42.8 Å². The minimum Gasteiger partial charge on any atom is -0.381 e. The molecule has 2 heterocycles. The van der Waals surface area contributed by atoms with E-state index in [2.05, 4.69) is 15.3 Å². The molecule has 1 aromatic heterocycles. The Balaban J connectivity index is 1.51. The Morgan fingerprint density at radius 2 is 1.94 bits per heavy atom. The van der Waals surface area contributed by atoms with E-state index in [1.165, 1.54) is 6.20 Å². The van der Waals surface area contributed by atoms with Gasteiger partial charge in [0.2, 0.25) is 0 Å². The molecule has 2 aromatic rings. The lowest BCUT2D eigenvalue weighted by Gasteiger charge is -2.15. The summed E-state index contributed by atoms with van der Waals surface area (Å²) in [5.74, 6) is 0.485. The van der Waals surface area contributed by atoms with Gasteiger partial charge in [-0.15, -0.1) is 0 Å². The molecule has 1 N–H and O–H groups in total. The van der Waals surface area contributed by atoms with Crippen molar-refractivity contribution < 1.29 is 17.9 Å². The first-order valence-corrected chi connectivity index (χ1v) is 12.7. The number of benzene rings is 1. The smallest absolute Gasteiger partial charge is 0.257 e. The zero-order chi connectivity index (χ0) is 22.3. The molecular formula is C24H27N3O4S. The highest BCUT2D eigenvalue weighted by atomic mass is 32.2. The van der Waals surface area contributed by atoms with Gasteiger partial charge < -0.3 is 10.1 Å². The number of carbonyl (C=O) groups excluding carboxylic acids is 1. The lowest BCUT2D eigenvalue weighted by Crippen LogP contribution is -2.17. The van der Waals surface area contributed by atoms with Crippen LogP contribution in [0.15, 0.2) is 41.6 Å². The number of amides is 1. The molecule has 5 rings (SSSR count). The molecule has 1 aliphatic heterocycles. The largest absolute Gasteiger partial charge is 0.381 e. The van der Waals surface area contributed by atoms with E-state index in [1.807, 2.05) is 19.1 Å². The average Bonchev–Trinajstić information content (AvgIpc) is 3.71. The summed E-state index contributed by atoms with van der Waals surface area (Å²) in [4.78, 5) is 22.1. The molecule has 1 amide bonds. The van der Waals surface area contributed by atoms with Crippen molar-refractivity contribution in [3.63, 3.8) is 0 Å². The lowest BCUT2D eigenvalue weighted by molar-refractivity contribution is -0.111. The fourth-order valence-corrected chi connectivity index (χ4v) is 6.04. The topological polar surface area (TPSA) is 98.2 Å². The van der Waals surface area contributed by atoms with Gasteiger partial charge in [0.15, 0.2) is 15.7 Å². The minimum absolute atomic E-state index is 0.138. The van der Waals surface area contributed by atoms with Crippen LogP contribution in [0, 0.1) is 12.8 Å². The fourth-order valence-electron chi connectivity index (χ4n) is 4.11.